The van der Waals surface area contributed by atoms with Crippen molar-refractivity contribution in [2.45, 2.75) is 51.2 Å². The Morgan fingerprint density at radius 3 is 2.84 bits per heavy atom. The van der Waals surface area contributed by atoms with Crippen LogP contribution in [0.25, 0.3) is 0 Å². The van der Waals surface area contributed by atoms with Crippen LogP contribution in [-0.4, -0.2) is 17.6 Å². The third kappa shape index (κ3) is 4.77. The Hall–Kier alpha value is -0.0500. The summed E-state index contributed by atoms with van der Waals surface area (Å²) in [5.74, 6) is 1.20. The van der Waals surface area contributed by atoms with Crippen LogP contribution in [0.2, 0.25) is 0 Å². The Morgan fingerprint density at radius 2 is 2.26 bits per heavy atom. The lowest BCUT2D eigenvalue weighted by Crippen LogP contribution is -2.22. The highest BCUT2D eigenvalue weighted by Crippen LogP contribution is 2.33. The van der Waals surface area contributed by atoms with E-state index in [0.29, 0.717) is 17.9 Å². The summed E-state index contributed by atoms with van der Waals surface area (Å²) in [6, 6.07) is 8.49. The van der Waals surface area contributed by atoms with E-state index in [0.717, 1.165) is 23.7 Å². The van der Waals surface area contributed by atoms with Crippen LogP contribution in [0, 0.1) is 5.92 Å². The molecule has 106 valence electrons. The van der Waals surface area contributed by atoms with Crippen molar-refractivity contribution in [1.29, 1.82) is 0 Å². The molecule has 2 unspecified atom stereocenters. The van der Waals surface area contributed by atoms with Gasteiger partial charge in [0.15, 0.2) is 0 Å². The summed E-state index contributed by atoms with van der Waals surface area (Å²) in [4.78, 5) is 0. The molecule has 2 atom stereocenters. The maximum Gasteiger partial charge on any atom is 0.0631 e. The summed E-state index contributed by atoms with van der Waals surface area (Å²) in [5, 5.41) is 0. The van der Waals surface area contributed by atoms with E-state index in [1.54, 1.807) is 0 Å². The predicted molar refractivity (Wildman–Crippen MR) is 84.9 cm³/mol. The largest absolute Gasteiger partial charge is 0.372 e. The first-order valence-corrected chi connectivity index (χ1v) is 8.29. The zero-order valence-electron chi connectivity index (χ0n) is 11.7. The SMILES string of the molecule is CC1(C)CCC(CC(CCl)Cc2cccc(Br)c2)O1. The number of rotatable bonds is 5. The fraction of sp³-hybridized carbons (Fsp3) is 0.625. The zero-order valence-corrected chi connectivity index (χ0v) is 14.0. The van der Waals surface area contributed by atoms with Crippen LogP contribution in [0.1, 0.15) is 38.7 Å². The molecule has 0 amide bonds. The van der Waals surface area contributed by atoms with Gasteiger partial charge in [-0.1, -0.05) is 28.1 Å². The highest BCUT2D eigenvalue weighted by Gasteiger charge is 2.32. The molecule has 0 N–H and O–H groups in total. The normalized spacial score (nSPS) is 23.5. The van der Waals surface area contributed by atoms with E-state index in [1.165, 1.54) is 12.0 Å². The molecule has 2 rings (SSSR count). The first kappa shape index (κ1) is 15.3. The van der Waals surface area contributed by atoms with Gasteiger partial charge in [-0.2, -0.15) is 0 Å². The number of hydrogen-bond donors (Lipinski definition) is 0. The summed E-state index contributed by atoms with van der Waals surface area (Å²) in [5.41, 5.74) is 1.40. The lowest BCUT2D eigenvalue weighted by molar-refractivity contribution is -0.0234. The average Bonchev–Trinajstić information content (AvgIpc) is 2.68. The maximum atomic E-state index is 6.14. The molecule has 0 radical (unpaired) electrons. The number of hydrogen-bond acceptors (Lipinski definition) is 1. The second-order valence-electron chi connectivity index (χ2n) is 6.13. The molecule has 0 spiro atoms. The molecule has 0 aromatic heterocycles. The van der Waals surface area contributed by atoms with E-state index in [1.807, 2.05) is 0 Å². The van der Waals surface area contributed by atoms with E-state index < -0.39 is 0 Å². The summed E-state index contributed by atoms with van der Waals surface area (Å²) in [6.45, 7) is 4.36. The number of benzene rings is 1. The van der Waals surface area contributed by atoms with Gasteiger partial charge in [0.2, 0.25) is 0 Å². The molecule has 1 nitrogen and oxygen atoms in total. The Kier molecular flexibility index (Phi) is 5.33. The Labute approximate surface area is 129 Å². The first-order valence-electron chi connectivity index (χ1n) is 6.97. The minimum atomic E-state index is 0.0529. The fourth-order valence-electron chi connectivity index (χ4n) is 2.81. The number of halogens is 2. The highest BCUT2D eigenvalue weighted by atomic mass is 79.9. The highest BCUT2D eigenvalue weighted by molar-refractivity contribution is 9.10. The van der Waals surface area contributed by atoms with E-state index in [2.05, 4.69) is 54.0 Å². The van der Waals surface area contributed by atoms with Crippen LogP contribution < -0.4 is 0 Å². The van der Waals surface area contributed by atoms with Crippen molar-refractivity contribution in [3.63, 3.8) is 0 Å². The maximum absolute atomic E-state index is 6.14. The summed E-state index contributed by atoms with van der Waals surface area (Å²) < 4.78 is 7.21. The van der Waals surface area contributed by atoms with Crippen molar-refractivity contribution in [1.82, 2.24) is 0 Å². The summed E-state index contributed by atoms with van der Waals surface area (Å²) in [7, 11) is 0. The van der Waals surface area contributed by atoms with Crippen LogP contribution in [-0.2, 0) is 11.2 Å². The molecule has 1 saturated heterocycles. The van der Waals surface area contributed by atoms with E-state index in [4.69, 9.17) is 16.3 Å². The minimum Gasteiger partial charge on any atom is -0.372 e. The van der Waals surface area contributed by atoms with Gasteiger partial charge in [-0.3, -0.25) is 0 Å². The molecular formula is C16H22BrClO. The van der Waals surface area contributed by atoms with Gasteiger partial charge in [0.25, 0.3) is 0 Å². The van der Waals surface area contributed by atoms with Crippen molar-refractivity contribution >= 4 is 27.5 Å². The van der Waals surface area contributed by atoms with E-state index in [9.17, 15) is 0 Å². The third-order valence-corrected chi connectivity index (χ3v) is 4.71. The molecule has 0 bridgehead atoms. The molecule has 1 aromatic carbocycles. The van der Waals surface area contributed by atoms with Gasteiger partial charge < -0.3 is 4.74 Å². The molecule has 1 aliphatic heterocycles. The third-order valence-electron chi connectivity index (χ3n) is 3.78. The quantitative estimate of drug-likeness (QED) is 0.667. The van der Waals surface area contributed by atoms with Crippen molar-refractivity contribution in [2.75, 3.05) is 5.88 Å². The lowest BCUT2D eigenvalue weighted by atomic mass is 9.94. The van der Waals surface area contributed by atoms with Crippen LogP contribution in [0.4, 0.5) is 0 Å². The van der Waals surface area contributed by atoms with Crippen molar-refractivity contribution < 1.29 is 4.74 Å². The van der Waals surface area contributed by atoms with Gasteiger partial charge in [-0.05, 0) is 63.1 Å². The molecule has 1 heterocycles. The standard InChI is InChI=1S/C16H22BrClO/c1-16(2)7-6-15(19-16)10-13(11-18)8-12-4-3-5-14(17)9-12/h3-5,9,13,15H,6-8,10-11H2,1-2H3. The lowest BCUT2D eigenvalue weighted by Gasteiger charge is -2.22. The fourth-order valence-corrected chi connectivity index (χ4v) is 3.50. The van der Waals surface area contributed by atoms with Crippen LogP contribution in [0.5, 0.6) is 0 Å². The van der Waals surface area contributed by atoms with Gasteiger partial charge in [0, 0.05) is 10.4 Å². The molecule has 0 saturated carbocycles. The Bertz CT molecular complexity index is 419. The van der Waals surface area contributed by atoms with Gasteiger partial charge >= 0.3 is 0 Å². The molecule has 1 fully saturated rings. The molecule has 1 aliphatic rings. The zero-order chi connectivity index (χ0) is 13.9. The average molecular weight is 346 g/mol. The smallest absolute Gasteiger partial charge is 0.0631 e. The van der Waals surface area contributed by atoms with Crippen molar-refractivity contribution in [3.05, 3.63) is 34.3 Å². The topological polar surface area (TPSA) is 9.23 Å². The van der Waals surface area contributed by atoms with Crippen LogP contribution >= 0.6 is 27.5 Å². The number of alkyl halides is 1. The van der Waals surface area contributed by atoms with Gasteiger partial charge in [0.05, 0.1) is 11.7 Å². The second-order valence-corrected chi connectivity index (χ2v) is 7.35. The predicted octanol–water partition coefficient (Wildman–Crippen LogP) is 5.19. The molecule has 3 heteroatoms. The van der Waals surface area contributed by atoms with Gasteiger partial charge in [-0.15, -0.1) is 11.6 Å². The van der Waals surface area contributed by atoms with Gasteiger partial charge in [0.1, 0.15) is 0 Å². The van der Waals surface area contributed by atoms with Crippen LogP contribution in [0.3, 0.4) is 0 Å². The minimum absolute atomic E-state index is 0.0529. The first-order chi connectivity index (χ1) is 8.98. The molecular weight excluding hydrogens is 324 g/mol. The Balaban J connectivity index is 1.90. The second kappa shape index (κ2) is 6.60. The van der Waals surface area contributed by atoms with Crippen LogP contribution in [0.15, 0.2) is 28.7 Å². The molecule has 0 aliphatic carbocycles. The molecule has 1 aromatic rings. The monoisotopic (exact) mass is 344 g/mol. The van der Waals surface area contributed by atoms with Crippen molar-refractivity contribution in [3.8, 4) is 0 Å². The van der Waals surface area contributed by atoms with E-state index >= 15 is 0 Å². The summed E-state index contributed by atoms with van der Waals surface area (Å²) >= 11 is 9.66. The summed E-state index contributed by atoms with van der Waals surface area (Å²) in [6.07, 6.45) is 4.80. The Morgan fingerprint density at radius 1 is 1.47 bits per heavy atom. The molecule has 19 heavy (non-hydrogen) atoms. The van der Waals surface area contributed by atoms with E-state index in [-0.39, 0.29) is 5.60 Å². The van der Waals surface area contributed by atoms with Crippen molar-refractivity contribution in [2.24, 2.45) is 5.92 Å². The van der Waals surface area contributed by atoms with Gasteiger partial charge in [-0.25, -0.2) is 0 Å². The number of ether oxygens (including phenoxy) is 1.